The minimum Gasteiger partial charge on any atom is -0.354 e. The minimum atomic E-state index is 0.0361. The molecule has 2 rings (SSSR count). The van der Waals surface area contributed by atoms with Crippen molar-refractivity contribution in [2.75, 3.05) is 13.1 Å². The quantitative estimate of drug-likeness (QED) is 0.877. The maximum Gasteiger partial charge on any atom is 0.233 e. The predicted octanol–water partition coefficient (Wildman–Crippen LogP) is 2.94. The molecule has 4 heteroatoms. The molecule has 0 aliphatic carbocycles. The van der Waals surface area contributed by atoms with Crippen LogP contribution in [0.15, 0.2) is 29.2 Å². The molecule has 0 fully saturated rings. The Bertz CT molecular complexity index is 454. The first-order chi connectivity index (χ1) is 9.99. The number of benzene rings is 1. The molecule has 1 aliphatic heterocycles. The van der Waals surface area contributed by atoms with Crippen LogP contribution in [0.25, 0.3) is 0 Å². The lowest BCUT2D eigenvalue weighted by Crippen LogP contribution is -2.43. The van der Waals surface area contributed by atoms with Crippen LogP contribution in [0.4, 0.5) is 0 Å². The average Bonchev–Trinajstić information content (AvgIpc) is 2.86. The fourth-order valence-corrected chi connectivity index (χ4v) is 4.08. The maximum absolute atomic E-state index is 12.3. The number of nitrogens with zero attached hydrogens (tertiary/aromatic N) is 1. The third-order valence-corrected chi connectivity index (χ3v) is 5.25. The Morgan fingerprint density at radius 2 is 1.95 bits per heavy atom. The number of fused-ring (bicyclic) bond motifs is 1. The number of rotatable bonds is 6. The van der Waals surface area contributed by atoms with Gasteiger partial charge in [-0.2, -0.15) is 0 Å². The molecule has 0 spiro atoms. The monoisotopic (exact) mass is 306 g/mol. The van der Waals surface area contributed by atoms with Crippen molar-refractivity contribution in [2.45, 2.75) is 56.3 Å². The van der Waals surface area contributed by atoms with Crippen molar-refractivity contribution in [3.8, 4) is 0 Å². The van der Waals surface area contributed by atoms with Crippen molar-refractivity contribution in [1.82, 2.24) is 10.2 Å². The van der Waals surface area contributed by atoms with E-state index in [9.17, 15) is 4.79 Å². The fourth-order valence-electron chi connectivity index (χ4n) is 2.86. The van der Waals surface area contributed by atoms with Gasteiger partial charge in [-0.25, -0.2) is 0 Å². The molecule has 0 aromatic heterocycles. The summed E-state index contributed by atoms with van der Waals surface area (Å²) in [6.45, 7) is 10.4. The largest absolute Gasteiger partial charge is 0.354 e. The van der Waals surface area contributed by atoms with E-state index in [0.717, 1.165) is 19.5 Å². The lowest BCUT2D eigenvalue weighted by atomic mass is 10.1. The minimum absolute atomic E-state index is 0.0361. The number of thioether (sulfide) groups is 1. The standard InChI is InChI=1S/C17H26N2OS/c1-12(2)19(13(3)4)10-9-18-17(20)16-11-14-7-5-6-8-15(14)21-16/h5-8,12-13,16H,9-11H2,1-4H3,(H,18,20). The number of carbonyl (C=O) groups is 1. The van der Waals surface area contributed by atoms with Gasteiger partial charge in [0.1, 0.15) is 0 Å². The Hall–Kier alpha value is -1.00. The van der Waals surface area contributed by atoms with Crippen molar-refractivity contribution in [2.24, 2.45) is 0 Å². The van der Waals surface area contributed by atoms with Crippen LogP contribution >= 0.6 is 11.8 Å². The van der Waals surface area contributed by atoms with Gasteiger partial charge in [0.25, 0.3) is 0 Å². The van der Waals surface area contributed by atoms with Crippen LogP contribution < -0.4 is 5.32 Å². The summed E-state index contributed by atoms with van der Waals surface area (Å²) in [5, 5.41) is 3.13. The van der Waals surface area contributed by atoms with Crippen LogP contribution in [0.2, 0.25) is 0 Å². The van der Waals surface area contributed by atoms with Gasteiger partial charge in [-0.1, -0.05) is 18.2 Å². The lowest BCUT2D eigenvalue weighted by Gasteiger charge is -2.30. The first-order valence-electron chi connectivity index (χ1n) is 7.77. The molecular formula is C17H26N2OS. The van der Waals surface area contributed by atoms with Crippen LogP contribution in [0.3, 0.4) is 0 Å². The van der Waals surface area contributed by atoms with E-state index in [2.05, 4.69) is 50.0 Å². The second kappa shape index (κ2) is 7.32. The Labute approximate surface area is 132 Å². The summed E-state index contributed by atoms with van der Waals surface area (Å²) in [6, 6.07) is 9.32. The zero-order chi connectivity index (χ0) is 15.4. The van der Waals surface area contributed by atoms with Gasteiger partial charge in [-0.05, 0) is 45.7 Å². The number of hydrogen-bond acceptors (Lipinski definition) is 3. The normalized spacial score (nSPS) is 17.6. The molecule has 1 unspecified atom stereocenters. The van der Waals surface area contributed by atoms with E-state index in [4.69, 9.17) is 0 Å². The van der Waals surface area contributed by atoms with Gasteiger partial charge >= 0.3 is 0 Å². The average molecular weight is 306 g/mol. The van der Waals surface area contributed by atoms with Gasteiger partial charge in [-0.15, -0.1) is 11.8 Å². The first kappa shape index (κ1) is 16.4. The second-order valence-electron chi connectivity index (χ2n) is 6.13. The Morgan fingerprint density at radius 3 is 2.57 bits per heavy atom. The molecule has 1 aromatic rings. The molecular weight excluding hydrogens is 280 g/mol. The summed E-state index contributed by atoms with van der Waals surface area (Å²) >= 11 is 1.69. The lowest BCUT2D eigenvalue weighted by molar-refractivity contribution is -0.120. The van der Waals surface area contributed by atoms with E-state index in [-0.39, 0.29) is 11.2 Å². The number of amides is 1. The highest BCUT2D eigenvalue weighted by Gasteiger charge is 2.27. The highest BCUT2D eigenvalue weighted by atomic mass is 32.2. The van der Waals surface area contributed by atoms with Gasteiger partial charge in [0.15, 0.2) is 0 Å². The van der Waals surface area contributed by atoms with Gasteiger partial charge in [-0.3, -0.25) is 9.69 Å². The number of nitrogens with one attached hydrogen (secondary N) is 1. The van der Waals surface area contributed by atoms with Crippen LogP contribution in [-0.4, -0.2) is 41.2 Å². The van der Waals surface area contributed by atoms with Crippen LogP contribution in [-0.2, 0) is 11.2 Å². The molecule has 116 valence electrons. The zero-order valence-corrected chi connectivity index (χ0v) is 14.2. The van der Waals surface area contributed by atoms with Crippen LogP contribution in [0.1, 0.15) is 33.3 Å². The van der Waals surface area contributed by atoms with Crippen molar-refractivity contribution in [3.63, 3.8) is 0 Å². The third kappa shape index (κ3) is 4.24. The second-order valence-corrected chi connectivity index (χ2v) is 7.38. The van der Waals surface area contributed by atoms with E-state index in [1.165, 1.54) is 10.5 Å². The molecule has 1 N–H and O–H groups in total. The zero-order valence-electron chi connectivity index (χ0n) is 13.4. The van der Waals surface area contributed by atoms with Gasteiger partial charge in [0.05, 0.1) is 5.25 Å². The summed E-state index contributed by atoms with van der Waals surface area (Å²) in [6.07, 6.45) is 0.852. The molecule has 0 radical (unpaired) electrons. The topological polar surface area (TPSA) is 32.3 Å². The van der Waals surface area contributed by atoms with E-state index < -0.39 is 0 Å². The Balaban J connectivity index is 1.79. The molecule has 3 nitrogen and oxygen atoms in total. The first-order valence-corrected chi connectivity index (χ1v) is 8.65. The van der Waals surface area contributed by atoms with Gasteiger partial charge in [0, 0.05) is 30.1 Å². The van der Waals surface area contributed by atoms with E-state index >= 15 is 0 Å². The predicted molar refractivity (Wildman–Crippen MR) is 89.8 cm³/mol. The SMILES string of the molecule is CC(C)N(CCNC(=O)C1Cc2ccccc2S1)C(C)C. The van der Waals surface area contributed by atoms with Gasteiger partial charge < -0.3 is 5.32 Å². The van der Waals surface area contributed by atoms with E-state index in [1.807, 2.05) is 12.1 Å². The highest BCUT2D eigenvalue weighted by Crippen LogP contribution is 2.36. The third-order valence-electron chi connectivity index (χ3n) is 3.94. The molecule has 1 aliphatic rings. The van der Waals surface area contributed by atoms with Crippen molar-refractivity contribution in [1.29, 1.82) is 0 Å². The van der Waals surface area contributed by atoms with E-state index in [1.54, 1.807) is 11.8 Å². The Kier molecular flexibility index (Phi) is 5.71. The Morgan fingerprint density at radius 1 is 1.29 bits per heavy atom. The molecule has 0 bridgehead atoms. The fraction of sp³-hybridized carbons (Fsp3) is 0.588. The highest BCUT2D eigenvalue weighted by molar-refractivity contribution is 8.01. The molecule has 1 atom stereocenters. The summed E-state index contributed by atoms with van der Waals surface area (Å²) in [5.41, 5.74) is 1.30. The molecule has 1 heterocycles. The number of carbonyl (C=O) groups excluding carboxylic acids is 1. The summed E-state index contributed by atoms with van der Waals surface area (Å²) < 4.78 is 0. The summed E-state index contributed by atoms with van der Waals surface area (Å²) in [7, 11) is 0. The van der Waals surface area contributed by atoms with Crippen molar-refractivity contribution >= 4 is 17.7 Å². The van der Waals surface area contributed by atoms with Gasteiger partial charge in [0.2, 0.25) is 5.91 Å². The molecule has 0 saturated carbocycles. The summed E-state index contributed by atoms with van der Waals surface area (Å²) in [5.74, 6) is 0.170. The van der Waals surface area contributed by atoms with Crippen molar-refractivity contribution < 1.29 is 4.79 Å². The molecule has 0 saturated heterocycles. The maximum atomic E-state index is 12.3. The van der Waals surface area contributed by atoms with Crippen LogP contribution in [0, 0.1) is 0 Å². The van der Waals surface area contributed by atoms with E-state index in [0.29, 0.717) is 12.1 Å². The molecule has 1 aromatic carbocycles. The summed E-state index contributed by atoms with van der Waals surface area (Å²) in [4.78, 5) is 15.9. The van der Waals surface area contributed by atoms with Crippen molar-refractivity contribution in [3.05, 3.63) is 29.8 Å². The molecule has 1 amide bonds. The molecule has 21 heavy (non-hydrogen) atoms. The number of hydrogen-bond donors (Lipinski definition) is 1. The smallest absolute Gasteiger partial charge is 0.233 e. The van der Waals surface area contributed by atoms with Crippen LogP contribution in [0.5, 0.6) is 0 Å².